The zero-order chi connectivity index (χ0) is 29.2. The number of methoxy groups -OCH3 is 1. The van der Waals surface area contributed by atoms with Crippen LogP contribution in [0.15, 0.2) is 42.5 Å². The van der Waals surface area contributed by atoms with Gasteiger partial charge in [-0.25, -0.2) is 9.18 Å². The van der Waals surface area contributed by atoms with Crippen LogP contribution in [-0.2, 0) is 14.3 Å². The summed E-state index contributed by atoms with van der Waals surface area (Å²) >= 11 is 0. The van der Waals surface area contributed by atoms with Crippen molar-refractivity contribution in [3.63, 3.8) is 0 Å². The fourth-order valence-corrected chi connectivity index (χ4v) is 5.43. The molecule has 0 aromatic heterocycles. The van der Waals surface area contributed by atoms with Gasteiger partial charge in [-0.1, -0.05) is 25.5 Å². The van der Waals surface area contributed by atoms with Gasteiger partial charge in [0.05, 0.1) is 19.3 Å². The number of hydrogen-bond acceptors (Lipinski definition) is 6. The monoisotopic (exact) mass is 553 g/mol. The molecule has 1 spiro atoms. The lowest BCUT2D eigenvalue weighted by Crippen LogP contribution is -2.60. The summed E-state index contributed by atoms with van der Waals surface area (Å²) in [6, 6.07) is 10.6. The fourth-order valence-electron chi connectivity index (χ4n) is 5.43. The van der Waals surface area contributed by atoms with E-state index in [-0.39, 0.29) is 23.3 Å². The first-order chi connectivity index (χ1) is 19.0. The predicted molar refractivity (Wildman–Crippen MR) is 148 cm³/mol. The van der Waals surface area contributed by atoms with Crippen LogP contribution in [0.25, 0.3) is 0 Å². The summed E-state index contributed by atoms with van der Waals surface area (Å²) in [7, 11) is 3.04. The number of rotatable bonds is 6. The highest BCUT2D eigenvalue weighted by Gasteiger charge is 2.53. The van der Waals surface area contributed by atoms with Gasteiger partial charge in [-0.05, 0) is 62.1 Å². The Morgan fingerprint density at radius 1 is 1.05 bits per heavy atom. The van der Waals surface area contributed by atoms with Crippen molar-refractivity contribution >= 4 is 35.2 Å². The molecule has 2 N–H and O–H groups in total. The molecule has 1 atom stereocenters. The van der Waals surface area contributed by atoms with Crippen LogP contribution in [0.2, 0.25) is 0 Å². The van der Waals surface area contributed by atoms with E-state index in [9.17, 15) is 23.6 Å². The minimum atomic E-state index is -0.839. The number of ether oxygens (including phenoxy) is 1. The van der Waals surface area contributed by atoms with Crippen LogP contribution >= 0.6 is 0 Å². The first kappa shape index (κ1) is 28.8. The maximum Gasteiger partial charge on any atom is 0.411 e. The SMILES string of the molecule is COC(=O)Nc1ccc(N2CN(C)C(=O)C23CCN(C(=O)[C@H](NC(=O)c2cc(C)ccc2F)C(C)C)CC3)cc1. The molecule has 10 nitrogen and oxygen atoms in total. The van der Waals surface area contributed by atoms with Crippen LogP contribution in [0.4, 0.5) is 20.6 Å². The number of hydrogen-bond donors (Lipinski definition) is 2. The van der Waals surface area contributed by atoms with Crippen LogP contribution in [0.5, 0.6) is 0 Å². The van der Waals surface area contributed by atoms with Crippen molar-refractivity contribution in [1.82, 2.24) is 15.1 Å². The Hall–Kier alpha value is -4.15. The predicted octanol–water partition coefficient (Wildman–Crippen LogP) is 3.36. The van der Waals surface area contributed by atoms with Gasteiger partial charge in [-0.3, -0.25) is 19.7 Å². The van der Waals surface area contributed by atoms with Crippen LogP contribution in [0.3, 0.4) is 0 Å². The molecule has 11 heteroatoms. The molecule has 2 fully saturated rings. The minimum absolute atomic E-state index is 0.0139. The summed E-state index contributed by atoms with van der Waals surface area (Å²) in [5.74, 6) is -1.77. The highest BCUT2D eigenvalue weighted by atomic mass is 19.1. The molecule has 2 heterocycles. The number of amides is 4. The van der Waals surface area contributed by atoms with E-state index in [1.54, 1.807) is 42.0 Å². The van der Waals surface area contributed by atoms with Crippen LogP contribution in [0, 0.1) is 18.7 Å². The summed E-state index contributed by atoms with van der Waals surface area (Å²) in [6.07, 6.45) is 0.252. The molecule has 0 radical (unpaired) electrons. The van der Waals surface area contributed by atoms with Gasteiger partial charge in [0, 0.05) is 31.5 Å². The zero-order valence-corrected chi connectivity index (χ0v) is 23.5. The van der Waals surface area contributed by atoms with Crippen molar-refractivity contribution in [2.75, 3.05) is 44.1 Å². The molecule has 2 aliphatic rings. The number of nitrogens with zero attached hydrogens (tertiary/aromatic N) is 3. The largest absolute Gasteiger partial charge is 0.453 e. The molecule has 214 valence electrons. The highest BCUT2D eigenvalue weighted by molar-refractivity contribution is 5.98. The Bertz CT molecular complexity index is 1290. The number of carbonyl (C=O) groups is 4. The lowest BCUT2D eigenvalue weighted by atomic mass is 9.85. The Morgan fingerprint density at radius 2 is 1.70 bits per heavy atom. The molecule has 4 amide bonds. The summed E-state index contributed by atoms with van der Waals surface area (Å²) < 4.78 is 18.9. The van der Waals surface area contributed by atoms with Gasteiger partial charge in [-0.2, -0.15) is 0 Å². The van der Waals surface area contributed by atoms with Crippen molar-refractivity contribution < 1.29 is 28.3 Å². The van der Waals surface area contributed by atoms with Gasteiger partial charge >= 0.3 is 6.09 Å². The van der Waals surface area contributed by atoms with Crippen molar-refractivity contribution in [3.05, 3.63) is 59.4 Å². The van der Waals surface area contributed by atoms with Gasteiger partial charge in [0.1, 0.15) is 17.4 Å². The Labute approximate surface area is 233 Å². The molecule has 2 aromatic carbocycles. The van der Waals surface area contributed by atoms with Crippen molar-refractivity contribution in [3.8, 4) is 0 Å². The fraction of sp³-hybridized carbons (Fsp3) is 0.448. The first-order valence-electron chi connectivity index (χ1n) is 13.3. The quantitative estimate of drug-likeness (QED) is 0.568. The highest BCUT2D eigenvalue weighted by Crippen LogP contribution is 2.39. The Kier molecular flexibility index (Phi) is 8.32. The molecule has 2 aromatic rings. The normalized spacial score (nSPS) is 17.3. The number of piperidine rings is 1. The molecular formula is C29H36FN5O5. The van der Waals surface area contributed by atoms with E-state index in [1.807, 2.05) is 30.9 Å². The number of likely N-dealkylation sites (tertiary alicyclic amines) is 1. The van der Waals surface area contributed by atoms with E-state index in [2.05, 4.69) is 15.4 Å². The topological polar surface area (TPSA) is 111 Å². The Morgan fingerprint density at radius 3 is 2.30 bits per heavy atom. The van der Waals surface area contributed by atoms with Crippen molar-refractivity contribution in [2.24, 2.45) is 5.92 Å². The van der Waals surface area contributed by atoms with E-state index < -0.39 is 29.4 Å². The molecule has 2 saturated heterocycles. The van der Waals surface area contributed by atoms with E-state index in [4.69, 9.17) is 0 Å². The second kappa shape index (κ2) is 11.5. The van der Waals surface area contributed by atoms with Crippen molar-refractivity contribution in [2.45, 2.75) is 45.2 Å². The molecule has 2 aliphatic heterocycles. The van der Waals surface area contributed by atoms with Gasteiger partial charge in [0.25, 0.3) is 5.91 Å². The Balaban J connectivity index is 1.48. The number of benzene rings is 2. The second-order valence-corrected chi connectivity index (χ2v) is 10.8. The van der Waals surface area contributed by atoms with Gasteiger partial charge < -0.3 is 24.8 Å². The third kappa shape index (κ3) is 5.59. The molecule has 40 heavy (non-hydrogen) atoms. The smallest absolute Gasteiger partial charge is 0.411 e. The van der Waals surface area contributed by atoms with E-state index >= 15 is 0 Å². The van der Waals surface area contributed by atoms with Gasteiger partial charge in [-0.15, -0.1) is 0 Å². The van der Waals surface area contributed by atoms with Crippen LogP contribution in [-0.4, -0.2) is 79.1 Å². The number of anilines is 2. The molecular weight excluding hydrogens is 517 g/mol. The van der Waals surface area contributed by atoms with Crippen LogP contribution in [0.1, 0.15) is 42.6 Å². The second-order valence-electron chi connectivity index (χ2n) is 10.8. The summed E-state index contributed by atoms with van der Waals surface area (Å²) in [5, 5.41) is 5.35. The number of nitrogens with one attached hydrogen (secondary N) is 2. The zero-order valence-electron chi connectivity index (χ0n) is 23.5. The maximum atomic E-state index is 14.3. The number of halogens is 1. The van der Waals surface area contributed by atoms with E-state index in [1.165, 1.54) is 19.2 Å². The number of aryl methyl sites for hydroxylation is 1. The van der Waals surface area contributed by atoms with Crippen molar-refractivity contribution in [1.29, 1.82) is 0 Å². The lowest BCUT2D eigenvalue weighted by molar-refractivity contribution is -0.139. The number of carbonyl (C=O) groups excluding carboxylic acids is 4. The first-order valence-corrected chi connectivity index (χ1v) is 13.3. The molecule has 4 rings (SSSR count). The maximum absolute atomic E-state index is 14.3. The van der Waals surface area contributed by atoms with Gasteiger partial charge in [0.2, 0.25) is 11.8 Å². The molecule has 0 bridgehead atoms. The van der Waals surface area contributed by atoms with Gasteiger partial charge in [0.15, 0.2) is 0 Å². The standard InChI is InChI=1S/C29H36FN5O5/c1-18(2)24(32-25(36)22-16-19(3)6-11-23(22)30)26(37)34-14-12-29(13-15-34)27(38)33(4)17-35(29)21-9-7-20(8-10-21)31-28(39)40-5/h6-11,16,18,24H,12-15,17H2,1-5H3,(H,31,39)(H,32,36)/t24-/m1/s1. The molecule has 0 saturated carbocycles. The van der Waals surface area contributed by atoms with E-state index in [0.29, 0.717) is 38.3 Å². The van der Waals surface area contributed by atoms with E-state index in [0.717, 1.165) is 11.3 Å². The minimum Gasteiger partial charge on any atom is -0.453 e. The summed E-state index contributed by atoms with van der Waals surface area (Å²) in [5.41, 5.74) is 1.21. The molecule has 0 unspecified atom stereocenters. The molecule has 0 aliphatic carbocycles. The number of likely N-dealkylation sites (N-methyl/N-ethyl adjacent to an activating group) is 1. The average molecular weight is 554 g/mol. The third-order valence-corrected chi connectivity index (χ3v) is 7.71. The average Bonchev–Trinajstić information content (AvgIpc) is 3.18. The van der Waals surface area contributed by atoms with Crippen LogP contribution < -0.4 is 15.5 Å². The summed E-state index contributed by atoms with van der Waals surface area (Å²) in [6.45, 7) is 6.48. The lowest BCUT2D eigenvalue weighted by Gasteiger charge is -2.44. The third-order valence-electron chi connectivity index (χ3n) is 7.71. The summed E-state index contributed by atoms with van der Waals surface area (Å²) in [4.78, 5) is 56.8.